The average Bonchev–Trinajstić information content (AvgIpc) is 2.67. The van der Waals surface area contributed by atoms with Gasteiger partial charge in [0, 0.05) is 6.54 Å². The largest absolute Gasteiger partial charge is 0.493 e. The first-order chi connectivity index (χ1) is 12.2. The third-order valence-corrected chi connectivity index (χ3v) is 4.41. The Kier molecular flexibility index (Phi) is 5.43. The zero-order valence-electron chi connectivity index (χ0n) is 14.6. The molecule has 2 aromatic rings. The fourth-order valence-electron chi connectivity index (χ4n) is 3.01. The van der Waals surface area contributed by atoms with Crippen LogP contribution in [0, 0.1) is 5.92 Å². The van der Waals surface area contributed by atoms with Crippen molar-refractivity contribution in [3.63, 3.8) is 0 Å². The average molecular weight is 341 g/mol. The molecule has 1 N–H and O–H groups in total. The first kappa shape index (κ1) is 17.1. The van der Waals surface area contributed by atoms with Crippen molar-refractivity contribution in [2.24, 2.45) is 5.92 Å². The summed E-state index contributed by atoms with van der Waals surface area (Å²) in [4.78, 5) is 12.4. The van der Waals surface area contributed by atoms with Crippen LogP contribution in [0.15, 0.2) is 42.5 Å². The highest BCUT2D eigenvalue weighted by atomic mass is 16.5. The molecule has 0 saturated carbocycles. The molecule has 0 aromatic heterocycles. The number of para-hydroxylation sites is 1. The highest BCUT2D eigenvalue weighted by molar-refractivity contribution is 5.79. The molecule has 1 heterocycles. The van der Waals surface area contributed by atoms with Crippen LogP contribution in [0.4, 0.5) is 0 Å². The molecule has 25 heavy (non-hydrogen) atoms. The number of fused-ring (bicyclic) bond motifs is 1. The highest BCUT2D eigenvalue weighted by Gasteiger charge is 2.25. The Labute approximate surface area is 147 Å². The van der Waals surface area contributed by atoms with E-state index in [1.165, 1.54) is 0 Å². The fraction of sp³-hybridized carbons (Fsp3) is 0.350. The maximum absolute atomic E-state index is 12.4. The van der Waals surface area contributed by atoms with Gasteiger partial charge in [-0.25, -0.2) is 0 Å². The lowest BCUT2D eigenvalue weighted by molar-refractivity contribution is -0.126. The molecule has 0 spiro atoms. The molecule has 2 aromatic carbocycles. The first-order valence-electron chi connectivity index (χ1n) is 8.40. The minimum Gasteiger partial charge on any atom is -0.493 e. The lowest BCUT2D eigenvalue weighted by Crippen LogP contribution is -2.38. The van der Waals surface area contributed by atoms with E-state index >= 15 is 0 Å². The molecule has 0 aliphatic carbocycles. The summed E-state index contributed by atoms with van der Waals surface area (Å²) in [7, 11) is 3.23. The van der Waals surface area contributed by atoms with E-state index in [2.05, 4.69) is 5.32 Å². The summed E-state index contributed by atoms with van der Waals surface area (Å²) in [5.41, 5.74) is 2.18. The van der Waals surface area contributed by atoms with Gasteiger partial charge in [-0.05, 0) is 42.2 Å². The Morgan fingerprint density at radius 1 is 1.16 bits per heavy atom. The van der Waals surface area contributed by atoms with E-state index < -0.39 is 0 Å². The van der Waals surface area contributed by atoms with E-state index in [0.29, 0.717) is 24.7 Å². The molecule has 3 rings (SSSR count). The number of rotatable bonds is 6. The van der Waals surface area contributed by atoms with E-state index in [-0.39, 0.29) is 11.8 Å². The number of hydrogen-bond donors (Lipinski definition) is 1. The first-order valence-corrected chi connectivity index (χ1v) is 8.40. The van der Waals surface area contributed by atoms with Crippen molar-refractivity contribution in [3.8, 4) is 17.2 Å². The Hall–Kier alpha value is -2.69. The Bertz CT molecular complexity index is 744. The molecule has 0 unspecified atom stereocenters. The van der Waals surface area contributed by atoms with Gasteiger partial charge in [0.05, 0.1) is 20.1 Å². The normalized spacial score (nSPS) is 15.7. The van der Waals surface area contributed by atoms with Crippen molar-refractivity contribution in [3.05, 3.63) is 53.6 Å². The van der Waals surface area contributed by atoms with Gasteiger partial charge in [-0.2, -0.15) is 0 Å². The number of amides is 1. The summed E-state index contributed by atoms with van der Waals surface area (Å²) in [5, 5.41) is 3.01. The third-order valence-electron chi connectivity index (χ3n) is 4.41. The van der Waals surface area contributed by atoms with E-state index in [4.69, 9.17) is 14.2 Å². The van der Waals surface area contributed by atoms with Gasteiger partial charge in [0.15, 0.2) is 11.5 Å². The van der Waals surface area contributed by atoms with Gasteiger partial charge < -0.3 is 19.5 Å². The molecule has 0 bridgehead atoms. The molecule has 0 radical (unpaired) electrons. The number of nitrogens with one attached hydrogen (secondary N) is 1. The minimum absolute atomic E-state index is 0.0370. The van der Waals surface area contributed by atoms with Gasteiger partial charge in [-0.1, -0.05) is 24.3 Å². The maximum atomic E-state index is 12.4. The second-order valence-electron chi connectivity index (χ2n) is 6.05. The topological polar surface area (TPSA) is 56.8 Å². The molecular weight excluding hydrogens is 318 g/mol. The van der Waals surface area contributed by atoms with Crippen molar-refractivity contribution >= 4 is 5.91 Å². The van der Waals surface area contributed by atoms with Gasteiger partial charge in [-0.3, -0.25) is 4.79 Å². The van der Waals surface area contributed by atoms with E-state index in [9.17, 15) is 4.79 Å². The molecule has 1 aliphatic heterocycles. The molecule has 0 saturated heterocycles. The second kappa shape index (κ2) is 7.92. The molecule has 132 valence electrons. The smallest absolute Gasteiger partial charge is 0.226 e. The quantitative estimate of drug-likeness (QED) is 0.877. The van der Waals surface area contributed by atoms with Gasteiger partial charge in [0.25, 0.3) is 0 Å². The van der Waals surface area contributed by atoms with Crippen LogP contribution in [0.5, 0.6) is 17.2 Å². The molecule has 1 atom stereocenters. The van der Waals surface area contributed by atoms with Gasteiger partial charge in [-0.15, -0.1) is 0 Å². The predicted octanol–water partition coefficient (Wildman–Crippen LogP) is 2.61. The molecule has 5 heteroatoms. The Morgan fingerprint density at radius 2 is 1.96 bits per heavy atom. The lowest BCUT2D eigenvalue weighted by Gasteiger charge is -2.24. The van der Waals surface area contributed by atoms with Crippen molar-refractivity contribution < 1.29 is 19.0 Å². The van der Waals surface area contributed by atoms with Crippen molar-refractivity contribution in [2.45, 2.75) is 12.8 Å². The summed E-state index contributed by atoms with van der Waals surface area (Å²) in [6, 6.07) is 13.7. The van der Waals surface area contributed by atoms with Crippen LogP contribution in [0.1, 0.15) is 11.1 Å². The lowest BCUT2D eigenvalue weighted by atomic mass is 9.96. The van der Waals surface area contributed by atoms with Crippen LogP contribution < -0.4 is 19.5 Å². The third kappa shape index (κ3) is 4.05. The molecule has 0 fully saturated rings. The summed E-state index contributed by atoms with van der Waals surface area (Å²) >= 11 is 0. The number of carbonyl (C=O) groups excluding carboxylic acids is 1. The van der Waals surface area contributed by atoms with Gasteiger partial charge >= 0.3 is 0 Å². The van der Waals surface area contributed by atoms with Crippen LogP contribution in [0.3, 0.4) is 0 Å². The second-order valence-corrected chi connectivity index (χ2v) is 6.05. The minimum atomic E-state index is -0.139. The summed E-state index contributed by atoms with van der Waals surface area (Å²) in [5.74, 6) is 2.18. The number of carbonyl (C=O) groups is 1. The van der Waals surface area contributed by atoms with Crippen molar-refractivity contribution in [1.82, 2.24) is 5.32 Å². The van der Waals surface area contributed by atoms with Gasteiger partial charge in [0.2, 0.25) is 5.91 Å². The molecular formula is C20H23NO4. The molecule has 5 nitrogen and oxygen atoms in total. The van der Waals surface area contributed by atoms with Crippen molar-refractivity contribution in [1.29, 1.82) is 0 Å². The maximum Gasteiger partial charge on any atom is 0.226 e. The standard InChI is InChI=1S/C20H23NO4/c1-23-18-8-7-14(11-19(18)24-2)9-10-21-20(22)16-12-15-5-3-4-6-17(15)25-13-16/h3-8,11,16H,9-10,12-13H2,1-2H3,(H,21,22)/t16-/m0/s1. The van der Waals surface area contributed by atoms with Gasteiger partial charge in [0.1, 0.15) is 12.4 Å². The molecule has 1 amide bonds. The van der Waals surface area contributed by atoms with E-state index in [1.807, 2.05) is 42.5 Å². The monoisotopic (exact) mass is 341 g/mol. The number of benzene rings is 2. The predicted molar refractivity (Wildman–Crippen MR) is 95.4 cm³/mol. The number of ether oxygens (including phenoxy) is 3. The van der Waals surface area contributed by atoms with E-state index in [0.717, 1.165) is 29.7 Å². The number of methoxy groups -OCH3 is 2. The van der Waals surface area contributed by atoms with Crippen LogP contribution >= 0.6 is 0 Å². The summed E-state index contributed by atoms with van der Waals surface area (Å²) in [6.45, 7) is 1.01. The Balaban J connectivity index is 1.52. The SMILES string of the molecule is COc1ccc(CCNC(=O)[C@@H]2COc3ccccc3C2)cc1OC. The fourth-order valence-corrected chi connectivity index (χ4v) is 3.01. The van der Waals surface area contributed by atoms with Crippen LogP contribution in [0.2, 0.25) is 0 Å². The van der Waals surface area contributed by atoms with Crippen LogP contribution in [-0.2, 0) is 17.6 Å². The summed E-state index contributed by atoms with van der Waals surface area (Å²) < 4.78 is 16.2. The zero-order valence-corrected chi connectivity index (χ0v) is 14.6. The summed E-state index contributed by atoms with van der Waals surface area (Å²) in [6.07, 6.45) is 1.45. The van der Waals surface area contributed by atoms with Crippen LogP contribution in [-0.4, -0.2) is 33.3 Å². The highest BCUT2D eigenvalue weighted by Crippen LogP contribution is 2.28. The zero-order chi connectivity index (χ0) is 17.6. The number of hydrogen-bond acceptors (Lipinski definition) is 4. The Morgan fingerprint density at radius 3 is 2.76 bits per heavy atom. The van der Waals surface area contributed by atoms with Crippen molar-refractivity contribution in [2.75, 3.05) is 27.4 Å². The molecule has 1 aliphatic rings. The van der Waals surface area contributed by atoms with Crippen LogP contribution in [0.25, 0.3) is 0 Å². The van der Waals surface area contributed by atoms with E-state index in [1.54, 1.807) is 14.2 Å².